The lowest BCUT2D eigenvalue weighted by molar-refractivity contribution is 0.0800. The van der Waals surface area contributed by atoms with Gasteiger partial charge in [-0.1, -0.05) is 51.0 Å². The van der Waals surface area contributed by atoms with E-state index < -0.39 is 11.6 Å². The molecule has 28 heavy (non-hydrogen) atoms. The van der Waals surface area contributed by atoms with Gasteiger partial charge in [-0.25, -0.2) is 0 Å². The number of Topliss-reactive ketones (excluding diaryl/α,β-unsaturated/α-hetero) is 2. The average molecular weight is 375 g/mol. The predicted molar refractivity (Wildman–Crippen MR) is 112 cm³/mol. The standard InChI is InChI=1S/C24H25NO3/c1-3-5-13-25(14-6-4-2)16-11-12-19-20(15-16)28-24-21(19)17-9-7-8-10-18(17)22(26)23(24)27/h7-12,15H,3-6,13-14H2,1-2H3. The fraction of sp³-hybridized carbons (Fsp3) is 0.333. The fourth-order valence-corrected chi connectivity index (χ4v) is 3.90. The average Bonchev–Trinajstić information content (AvgIpc) is 3.11. The summed E-state index contributed by atoms with van der Waals surface area (Å²) in [6.07, 6.45) is 4.56. The Hall–Kier alpha value is -2.88. The van der Waals surface area contributed by atoms with Gasteiger partial charge in [0.2, 0.25) is 5.78 Å². The van der Waals surface area contributed by atoms with Gasteiger partial charge in [-0.15, -0.1) is 0 Å². The van der Waals surface area contributed by atoms with Crippen molar-refractivity contribution in [2.45, 2.75) is 39.5 Å². The van der Waals surface area contributed by atoms with Gasteiger partial charge in [0.15, 0.2) is 5.76 Å². The van der Waals surface area contributed by atoms with Crippen molar-refractivity contribution >= 4 is 28.2 Å². The highest BCUT2D eigenvalue weighted by Gasteiger charge is 2.35. The number of hydrogen-bond acceptors (Lipinski definition) is 4. The van der Waals surface area contributed by atoms with Gasteiger partial charge in [-0.3, -0.25) is 9.59 Å². The number of hydrogen-bond donors (Lipinski definition) is 0. The third-order valence-electron chi connectivity index (χ3n) is 5.46. The van der Waals surface area contributed by atoms with Crippen molar-refractivity contribution in [3.63, 3.8) is 0 Å². The van der Waals surface area contributed by atoms with Gasteiger partial charge in [-0.2, -0.15) is 0 Å². The summed E-state index contributed by atoms with van der Waals surface area (Å²) < 4.78 is 5.93. The van der Waals surface area contributed by atoms with Crippen LogP contribution in [0, 0.1) is 0 Å². The van der Waals surface area contributed by atoms with Crippen LogP contribution in [0.25, 0.3) is 22.1 Å². The number of nitrogens with zero attached hydrogens (tertiary/aromatic N) is 1. The molecular formula is C24H25NO3. The van der Waals surface area contributed by atoms with Crippen LogP contribution in [0.1, 0.15) is 60.4 Å². The van der Waals surface area contributed by atoms with Crippen LogP contribution in [0.2, 0.25) is 0 Å². The zero-order valence-electron chi connectivity index (χ0n) is 16.5. The van der Waals surface area contributed by atoms with Crippen molar-refractivity contribution in [1.82, 2.24) is 0 Å². The van der Waals surface area contributed by atoms with Crippen LogP contribution in [0.5, 0.6) is 0 Å². The summed E-state index contributed by atoms with van der Waals surface area (Å²) in [6, 6.07) is 13.4. The zero-order chi connectivity index (χ0) is 19.7. The van der Waals surface area contributed by atoms with Crippen molar-refractivity contribution in [3.05, 3.63) is 53.8 Å². The molecule has 0 fully saturated rings. The van der Waals surface area contributed by atoms with Crippen molar-refractivity contribution in [1.29, 1.82) is 0 Å². The Balaban J connectivity index is 1.81. The first kappa shape index (κ1) is 18.5. The van der Waals surface area contributed by atoms with Crippen LogP contribution in [0.15, 0.2) is 46.9 Å². The van der Waals surface area contributed by atoms with E-state index >= 15 is 0 Å². The maximum Gasteiger partial charge on any atom is 0.269 e. The number of benzene rings is 2. The molecule has 0 atom stereocenters. The predicted octanol–water partition coefficient (Wildman–Crippen LogP) is 5.89. The molecule has 4 rings (SSSR count). The minimum Gasteiger partial charge on any atom is -0.452 e. The van der Waals surface area contributed by atoms with Crippen LogP contribution in [0.3, 0.4) is 0 Å². The second kappa shape index (κ2) is 7.63. The molecule has 4 nitrogen and oxygen atoms in total. The second-order valence-electron chi connectivity index (χ2n) is 7.38. The SMILES string of the molecule is CCCCN(CCCC)c1ccc2c3c(oc2c1)C(=O)C(=O)c1ccccc1-3. The molecule has 0 saturated heterocycles. The summed E-state index contributed by atoms with van der Waals surface area (Å²) in [7, 11) is 0. The van der Waals surface area contributed by atoms with Gasteiger partial charge in [0.1, 0.15) is 5.58 Å². The summed E-state index contributed by atoms with van der Waals surface area (Å²) in [5.74, 6) is -0.875. The van der Waals surface area contributed by atoms with E-state index in [1.54, 1.807) is 12.1 Å². The number of furan rings is 1. The summed E-state index contributed by atoms with van der Waals surface area (Å²) in [5, 5.41) is 0.887. The van der Waals surface area contributed by atoms with Crippen LogP contribution in [-0.4, -0.2) is 24.7 Å². The van der Waals surface area contributed by atoms with Gasteiger partial charge in [0, 0.05) is 41.4 Å². The lowest BCUT2D eigenvalue weighted by Crippen LogP contribution is -2.25. The van der Waals surface area contributed by atoms with Gasteiger partial charge >= 0.3 is 0 Å². The smallest absolute Gasteiger partial charge is 0.269 e. The molecule has 2 aromatic carbocycles. The van der Waals surface area contributed by atoms with E-state index in [1.165, 1.54) is 0 Å². The molecule has 0 unspecified atom stereocenters. The number of anilines is 1. The van der Waals surface area contributed by atoms with E-state index in [4.69, 9.17) is 4.42 Å². The summed E-state index contributed by atoms with van der Waals surface area (Å²) >= 11 is 0. The molecule has 1 heterocycles. The Morgan fingerprint density at radius 1 is 0.857 bits per heavy atom. The third-order valence-corrected chi connectivity index (χ3v) is 5.46. The molecule has 144 valence electrons. The lowest BCUT2D eigenvalue weighted by atomic mass is 9.87. The highest BCUT2D eigenvalue weighted by Crippen LogP contribution is 2.41. The van der Waals surface area contributed by atoms with E-state index in [9.17, 15) is 9.59 Å². The first-order valence-corrected chi connectivity index (χ1v) is 10.2. The molecule has 0 amide bonds. The van der Waals surface area contributed by atoms with Crippen molar-refractivity contribution < 1.29 is 14.0 Å². The molecular weight excluding hydrogens is 350 g/mol. The maximum atomic E-state index is 12.6. The summed E-state index contributed by atoms with van der Waals surface area (Å²) in [6.45, 7) is 6.40. The lowest BCUT2D eigenvalue weighted by Gasteiger charge is -2.24. The maximum absolute atomic E-state index is 12.6. The zero-order valence-corrected chi connectivity index (χ0v) is 16.5. The third kappa shape index (κ3) is 3.03. The summed E-state index contributed by atoms with van der Waals surface area (Å²) in [5.41, 5.74) is 3.75. The van der Waals surface area contributed by atoms with E-state index in [2.05, 4.69) is 24.8 Å². The van der Waals surface area contributed by atoms with Gasteiger partial charge in [0.05, 0.1) is 0 Å². The number of rotatable bonds is 7. The molecule has 1 aliphatic rings. The Bertz CT molecular complexity index is 1040. The minimum absolute atomic E-state index is 0.171. The van der Waals surface area contributed by atoms with Gasteiger partial charge in [0.25, 0.3) is 5.78 Å². The quantitative estimate of drug-likeness (QED) is 0.484. The first-order chi connectivity index (χ1) is 13.7. The molecule has 1 aliphatic carbocycles. The highest BCUT2D eigenvalue weighted by atomic mass is 16.3. The van der Waals surface area contributed by atoms with Crippen LogP contribution < -0.4 is 4.90 Å². The van der Waals surface area contributed by atoms with E-state index in [0.29, 0.717) is 11.1 Å². The van der Waals surface area contributed by atoms with E-state index in [-0.39, 0.29) is 5.76 Å². The molecule has 0 radical (unpaired) electrons. The topological polar surface area (TPSA) is 50.5 Å². The van der Waals surface area contributed by atoms with Crippen LogP contribution in [-0.2, 0) is 0 Å². The monoisotopic (exact) mass is 375 g/mol. The van der Waals surface area contributed by atoms with Crippen LogP contribution >= 0.6 is 0 Å². The molecule has 0 bridgehead atoms. The van der Waals surface area contributed by atoms with E-state index in [1.807, 2.05) is 24.3 Å². The molecule has 4 heteroatoms. The van der Waals surface area contributed by atoms with E-state index in [0.717, 1.165) is 61.0 Å². The fourth-order valence-electron chi connectivity index (χ4n) is 3.90. The Kier molecular flexibility index (Phi) is 5.03. The number of carbonyl (C=O) groups excluding carboxylic acids is 2. The Morgan fingerprint density at radius 3 is 2.21 bits per heavy atom. The Morgan fingerprint density at radius 2 is 1.54 bits per heavy atom. The van der Waals surface area contributed by atoms with Crippen molar-refractivity contribution in [2.24, 2.45) is 0 Å². The summed E-state index contributed by atoms with van der Waals surface area (Å²) in [4.78, 5) is 27.4. The van der Waals surface area contributed by atoms with Gasteiger partial charge in [-0.05, 0) is 30.5 Å². The molecule has 0 N–H and O–H groups in total. The highest BCUT2D eigenvalue weighted by molar-refractivity contribution is 6.53. The van der Waals surface area contributed by atoms with Crippen LogP contribution in [0.4, 0.5) is 5.69 Å². The molecule has 0 saturated carbocycles. The molecule has 1 aromatic heterocycles. The second-order valence-corrected chi connectivity index (χ2v) is 7.38. The molecule has 0 aliphatic heterocycles. The minimum atomic E-state index is -0.555. The number of ketones is 2. The first-order valence-electron chi connectivity index (χ1n) is 10.2. The largest absolute Gasteiger partial charge is 0.452 e. The number of fused-ring (bicyclic) bond motifs is 5. The molecule has 3 aromatic rings. The normalized spacial score (nSPS) is 12.9. The molecule has 0 spiro atoms. The van der Waals surface area contributed by atoms with Gasteiger partial charge < -0.3 is 9.32 Å². The number of carbonyl (C=O) groups is 2. The van der Waals surface area contributed by atoms with Crippen molar-refractivity contribution in [3.8, 4) is 11.1 Å². The van der Waals surface area contributed by atoms with Crippen molar-refractivity contribution in [2.75, 3.05) is 18.0 Å². The number of unbranched alkanes of at least 4 members (excludes halogenated alkanes) is 2. The Labute approximate surface area is 165 Å².